The molecule has 0 radical (unpaired) electrons. The van der Waals surface area contributed by atoms with E-state index in [1.165, 1.54) is 23.1 Å². The fourth-order valence-electron chi connectivity index (χ4n) is 2.54. The molecule has 2 aromatic carbocycles. The summed E-state index contributed by atoms with van der Waals surface area (Å²) >= 11 is 0. The molecule has 0 aliphatic carbocycles. The lowest BCUT2D eigenvalue weighted by molar-refractivity contribution is -0.118. The number of sulfone groups is 1. The zero-order chi connectivity index (χ0) is 20.0. The van der Waals surface area contributed by atoms with Crippen LogP contribution in [0, 0.1) is 24.1 Å². The molecular formula is C20H19FN2O3S. The Morgan fingerprint density at radius 3 is 2.48 bits per heavy atom. The first-order valence-electron chi connectivity index (χ1n) is 8.16. The van der Waals surface area contributed by atoms with Gasteiger partial charge in [-0.2, -0.15) is 5.26 Å². The summed E-state index contributed by atoms with van der Waals surface area (Å²) in [4.78, 5) is 14.2. The monoisotopic (exact) mass is 386 g/mol. The number of benzene rings is 2. The Labute approximate surface area is 158 Å². The molecule has 0 atom stereocenters. The number of hydrogen-bond donors (Lipinski definition) is 0. The Morgan fingerprint density at radius 1 is 1.26 bits per heavy atom. The number of aryl methyl sites for hydroxylation is 1. The predicted molar refractivity (Wildman–Crippen MR) is 102 cm³/mol. The van der Waals surface area contributed by atoms with E-state index in [0.29, 0.717) is 16.8 Å². The fraction of sp³-hybridized carbons (Fsp3) is 0.200. The molecule has 0 saturated heterocycles. The minimum absolute atomic E-state index is 0.172. The molecule has 0 aromatic heterocycles. The van der Waals surface area contributed by atoms with Crippen molar-refractivity contribution in [3.05, 3.63) is 77.0 Å². The van der Waals surface area contributed by atoms with E-state index in [0.717, 1.165) is 11.0 Å². The molecule has 0 aliphatic rings. The molecule has 2 rings (SSSR count). The van der Waals surface area contributed by atoms with Crippen molar-refractivity contribution in [2.45, 2.75) is 19.9 Å². The van der Waals surface area contributed by atoms with Crippen LogP contribution >= 0.6 is 0 Å². The van der Waals surface area contributed by atoms with Crippen molar-refractivity contribution < 1.29 is 17.6 Å². The summed E-state index contributed by atoms with van der Waals surface area (Å²) in [5.74, 6) is -1.17. The Morgan fingerprint density at radius 2 is 1.93 bits per heavy atom. The Bertz CT molecular complexity index is 993. The highest BCUT2D eigenvalue weighted by Gasteiger charge is 2.20. The van der Waals surface area contributed by atoms with E-state index in [9.17, 15) is 17.6 Å². The van der Waals surface area contributed by atoms with Gasteiger partial charge in [-0.15, -0.1) is 0 Å². The highest BCUT2D eigenvalue weighted by Crippen LogP contribution is 2.24. The molecule has 27 heavy (non-hydrogen) atoms. The second-order valence-electron chi connectivity index (χ2n) is 6.00. The normalized spacial score (nSPS) is 10.9. The number of carbonyl (C=O) groups is 1. The molecule has 0 unspecified atom stereocenters. The van der Waals surface area contributed by atoms with Crippen molar-refractivity contribution in [1.29, 1.82) is 5.26 Å². The summed E-state index contributed by atoms with van der Waals surface area (Å²) in [6.45, 7) is 5.09. The highest BCUT2D eigenvalue weighted by molar-refractivity contribution is 7.94. The SMILES string of the molecule is C=CS(=O)(=O)CCC(=O)N(Cc1ccc(C#N)cc1)c1ccc(F)cc1C. The molecule has 7 heteroatoms. The molecule has 0 bridgehead atoms. The van der Waals surface area contributed by atoms with Crippen LogP contribution in [0.15, 0.2) is 54.5 Å². The van der Waals surface area contributed by atoms with Gasteiger partial charge in [0.25, 0.3) is 0 Å². The quantitative estimate of drug-likeness (QED) is 0.730. The molecule has 140 valence electrons. The fourth-order valence-corrected chi connectivity index (χ4v) is 3.17. The van der Waals surface area contributed by atoms with E-state index < -0.39 is 21.6 Å². The van der Waals surface area contributed by atoms with Crippen molar-refractivity contribution in [3.8, 4) is 6.07 Å². The number of hydrogen-bond acceptors (Lipinski definition) is 4. The van der Waals surface area contributed by atoms with Gasteiger partial charge in [0, 0.05) is 17.5 Å². The predicted octanol–water partition coefficient (Wildman–Crippen LogP) is 3.49. The number of halogens is 1. The van der Waals surface area contributed by atoms with Crippen molar-refractivity contribution in [2.75, 3.05) is 10.7 Å². The van der Waals surface area contributed by atoms with E-state index in [4.69, 9.17) is 5.26 Å². The first kappa shape index (κ1) is 20.3. The van der Waals surface area contributed by atoms with Crippen LogP contribution in [0.25, 0.3) is 0 Å². The molecule has 1 amide bonds. The minimum atomic E-state index is -3.51. The molecule has 0 heterocycles. The first-order chi connectivity index (χ1) is 12.8. The molecule has 5 nitrogen and oxygen atoms in total. The van der Waals surface area contributed by atoms with Gasteiger partial charge in [0.15, 0.2) is 9.84 Å². The van der Waals surface area contributed by atoms with Gasteiger partial charge in [-0.25, -0.2) is 12.8 Å². The average Bonchev–Trinajstić information content (AvgIpc) is 2.65. The Hall–Kier alpha value is -2.98. The smallest absolute Gasteiger partial charge is 0.228 e. The van der Waals surface area contributed by atoms with Gasteiger partial charge in [0.05, 0.1) is 23.9 Å². The van der Waals surface area contributed by atoms with E-state index in [2.05, 4.69) is 6.58 Å². The number of anilines is 1. The maximum absolute atomic E-state index is 13.4. The molecular weight excluding hydrogens is 367 g/mol. The number of nitrogens with zero attached hydrogens (tertiary/aromatic N) is 2. The van der Waals surface area contributed by atoms with Crippen LogP contribution in [0.5, 0.6) is 0 Å². The third-order valence-electron chi connectivity index (χ3n) is 4.03. The summed E-state index contributed by atoms with van der Waals surface area (Å²) in [5, 5.41) is 9.72. The Kier molecular flexibility index (Phi) is 6.48. The van der Waals surface area contributed by atoms with Gasteiger partial charge < -0.3 is 4.90 Å². The second-order valence-corrected chi connectivity index (χ2v) is 8.07. The maximum Gasteiger partial charge on any atom is 0.228 e. The van der Waals surface area contributed by atoms with Crippen molar-refractivity contribution >= 4 is 21.4 Å². The molecule has 0 aliphatic heterocycles. The van der Waals surface area contributed by atoms with Crippen LogP contribution in [0.4, 0.5) is 10.1 Å². The third-order valence-corrected chi connectivity index (χ3v) is 5.31. The van der Waals surface area contributed by atoms with Crippen LogP contribution in [-0.2, 0) is 21.2 Å². The standard InChI is InChI=1S/C20H19FN2O3S/c1-3-27(25,26)11-10-20(24)23(19-9-8-18(21)12-15(19)2)14-17-6-4-16(13-22)5-7-17/h3-9,12H,1,10-11,14H2,2H3. The van der Waals surface area contributed by atoms with E-state index in [1.807, 2.05) is 6.07 Å². The number of amides is 1. The third kappa shape index (κ3) is 5.50. The Balaban J connectivity index is 2.33. The zero-order valence-corrected chi connectivity index (χ0v) is 15.7. The van der Waals surface area contributed by atoms with Crippen molar-refractivity contribution in [2.24, 2.45) is 0 Å². The summed E-state index contributed by atoms with van der Waals surface area (Å²) in [5.41, 5.74) is 2.31. The number of carbonyl (C=O) groups excluding carboxylic acids is 1. The van der Waals surface area contributed by atoms with Crippen LogP contribution in [0.1, 0.15) is 23.1 Å². The van der Waals surface area contributed by atoms with E-state index in [1.54, 1.807) is 31.2 Å². The van der Waals surface area contributed by atoms with Crippen LogP contribution in [0.2, 0.25) is 0 Å². The van der Waals surface area contributed by atoms with Gasteiger partial charge in [-0.05, 0) is 48.4 Å². The van der Waals surface area contributed by atoms with Gasteiger partial charge in [0.2, 0.25) is 5.91 Å². The van der Waals surface area contributed by atoms with Gasteiger partial charge >= 0.3 is 0 Å². The topological polar surface area (TPSA) is 78.2 Å². The van der Waals surface area contributed by atoms with Crippen molar-refractivity contribution in [3.63, 3.8) is 0 Å². The molecule has 0 spiro atoms. The van der Waals surface area contributed by atoms with E-state index in [-0.39, 0.29) is 18.7 Å². The van der Waals surface area contributed by atoms with Gasteiger partial charge in [-0.3, -0.25) is 4.79 Å². The van der Waals surface area contributed by atoms with Gasteiger partial charge in [-0.1, -0.05) is 18.7 Å². The highest BCUT2D eigenvalue weighted by atomic mass is 32.2. The van der Waals surface area contributed by atoms with E-state index >= 15 is 0 Å². The number of nitriles is 1. The number of rotatable bonds is 7. The first-order valence-corrected chi connectivity index (χ1v) is 9.88. The summed E-state index contributed by atoms with van der Waals surface area (Å²) in [6.07, 6.45) is -0.221. The lowest BCUT2D eigenvalue weighted by Gasteiger charge is -2.25. The average molecular weight is 386 g/mol. The summed E-state index contributed by atoms with van der Waals surface area (Å²) in [7, 11) is -3.51. The minimum Gasteiger partial charge on any atom is -0.308 e. The second kappa shape index (κ2) is 8.60. The van der Waals surface area contributed by atoms with Crippen LogP contribution < -0.4 is 4.90 Å². The molecule has 0 fully saturated rings. The zero-order valence-electron chi connectivity index (χ0n) is 14.9. The largest absolute Gasteiger partial charge is 0.308 e. The molecule has 0 saturated carbocycles. The van der Waals surface area contributed by atoms with Crippen LogP contribution in [-0.4, -0.2) is 20.1 Å². The lowest BCUT2D eigenvalue weighted by atomic mass is 10.1. The summed E-state index contributed by atoms with van der Waals surface area (Å²) in [6, 6.07) is 12.8. The van der Waals surface area contributed by atoms with Gasteiger partial charge in [0.1, 0.15) is 5.82 Å². The molecule has 0 N–H and O–H groups in total. The maximum atomic E-state index is 13.4. The van der Waals surface area contributed by atoms with Crippen molar-refractivity contribution in [1.82, 2.24) is 0 Å². The molecule has 2 aromatic rings. The van der Waals surface area contributed by atoms with Crippen LogP contribution in [0.3, 0.4) is 0 Å². The lowest BCUT2D eigenvalue weighted by Crippen LogP contribution is -2.32. The summed E-state index contributed by atoms with van der Waals surface area (Å²) < 4.78 is 36.7.